The fourth-order valence-electron chi connectivity index (χ4n) is 4.14. The van der Waals surface area contributed by atoms with Crippen molar-refractivity contribution in [1.29, 1.82) is 0 Å². The second-order valence-electron chi connectivity index (χ2n) is 7.02. The van der Waals surface area contributed by atoms with Crippen LogP contribution in [-0.2, 0) is 22.4 Å². The summed E-state index contributed by atoms with van der Waals surface area (Å²) in [6.45, 7) is 0. The van der Waals surface area contributed by atoms with Crippen molar-refractivity contribution in [2.45, 2.75) is 12.8 Å². The fourth-order valence-corrected chi connectivity index (χ4v) is 4.27. The second-order valence-corrected chi connectivity index (χ2v) is 7.45. The van der Waals surface area contributed by atoms with E-state index in [2.05, 4.69) is 0 Å². The van der Waals surface area contributed by atoms with Crippen LogP contribution in [0.2, 0.25) is 5.02 Å². The summed E-state index contributed by atoms with van der Waals surface area (Å²) in [5, 5.41) is 0.560. The van der Waals surface area contributed by atoms with E-state index in [1.165, 1.54) is 9.47 Å². The zero-order chi connectivity index (χ0) is 19.4. The molecular formula is C21H15ClN2O4. The lowest BCUT2D eigenvalue weighted by molar-refractivity contribution is -0.122. The van der Waals surface area contributed by atoms with E-state index in [0.717, 1.165) is 0 Å². The molecule has 0 radical (unpaired) electrons. The molecule has 7 heteroatoms. The van der Waals surface area contributed by atoms with Gasteiger partial charge in [0.2, 0.25) is 11.8 Å². The van der Waals surface area contributed by atoms with E-state index in [1.807, 2.05) is 6.07 Å². The van der Waals surface area contributed by atoms with E-state index >= 15 is 0 Å². The van der Waals surface area contributed by atoms with Crippen LogP contribution in [0.1, 0.15) is 11.5 Å². The van der Waals surface area contributed by atoms with Crippen LogP contribution in [0, 0.1) is 11.8 Å². The van der Waals surface area contributed by atoms with Crippen molar-refractivity contribution in [3.05, 3.63) is 81.6 Å². The van der Waals surface area contributed by atoms with Crippen LogP contribution in [0.4, 0.5) is 5.69 Å². The van der Waals surface area contributed by atoms with Crippen LogP contribution in [0.5, 0.6) is 0 Å². The van der Waals surface area contributed by atoms with E-state index < -0.39 is 17.6 Å². The van der Waals surface area contributed by atoms with Crippen LogP contribution in [0.15, 0.2) is 63.8 Å². The first-order chi connectivity index (χ1) is 13.5. The van der Waals surface area contributed by atoms with Gasteiger partial charge in [-0.05, 0) is 36.4 Å². The quantitative estimate of drug-likeness (QED) is 0.626. The van der Waals surface area contributed by atoms with Crippen LogP contribution in [-0.4, -0.2) is 16.4 Å². The van der Waals surface area contributed by atoms with Crippen LogP contribution in [0.25, 0.3) is 5.69 Å². The minimum atomic E-state index is -0.521. The Hall–Kier alpha value is -3.12. The van der Waals surface area contributed by atoms with Crippen molar-refractivity contribution >= 4 is 29.1 Å². The Morgan fingerprint density at radius 3 is 2.14 bits per heavy atom. The molecule has 6 nitrogen and oxygen atoms in total. The average molecular weight is 395 g/mol. The Bertz CT molecular complexity index is 1150. The van der Waals surface area contributed by atoms with E-state index in [1.54, 1.807) is 48.5 Å². The zero-order valence-electron chi connectivity index (χ0n) is 14.7. The molecule has 5 rings (SSSR count). The molecule has 0 saturated carbocycles. The van der Waals surface area contributed by atoms with Crippen molar-refractivity contribution in [2.75, 3.05) is 4.90 Å². The van der Waals surface area contributed by atoms with Gasteiger partial charge in [-0.1, -0.05) is 29.8 Å². The Kier molecular flexibility index (Phi) is 3.77. The van der Waals surface area contributed by atoms with Crippen molar-refractivity contribution in [2.24, 2.45) is 11.8 Å². The van der Waals surface area contributed by atoms with E-state index in [4.69, 9.17) is 16.0 Å². The van der Waals surface area contributed by atoms with Crippen LogP contribution < -0.4 is 10.7 Å². The number of carbonyl (C=O) groups excluding carboxylic acids is 2. The molecule has 0 unspecified atom stereocenters. The normalized spacial score (nSPS) is 21.0. The first kappa shape index (κ1) is 17.0. The number of halogens is 1. The van der Waals surface area contributed by atoms with E-state index in [-0.39, 0.29) is 24.7 Å². The number of oxazole rings is 1. The standard InChI is InChI=1S/C21H15ClN2O4/c22-12-6-8-14(9-7-12)23-17-10-15-16(11-18(17)28-21(23)27)20(26)24(19(15)25)13-4-2-1-3-5-13/h1-9,15-16H,10-11H2/t15-,16+/m1/s1. The summed E-state index contributed by atoms with van der Waals surface area (Å²) in [6.07, 6.45) is 0.520. The van der Waals surface area contributed by atoms with Gasteiger partial charge in [-0.3, -0.25) is 14.5 Å². The zero-order valence-corrected chi connectivity index (χ0v) is 15.4. The molecule has 1 fully saturated rings. The number of aromatic nitrogens is 1. The third kappa shape index (κ3) is 2.45. The number of anilines is 1. The van der Waals surface area contributed by atoms with Gasteiger partial charge < -0.3 is 4.42 Å². The van der Waals surface area contributed by atoms with E-state index in [9.17, 15) is 14.4 Å². The molecule has 1 saturated heterocycles. The average Bonchev–Trinajstić information content (AvgIpc) is 3.15. The molecule has 0 spiro atoms. The van der Waals surface area contributed by atoms with Crippen molar-refractivity contribution < 1.29 is 14.0 Å². The number of amides is 2. The molecule has 1 aromatic heterocycles. The van der Waals surface area contributed by atoms with Gasteiger partial charge in [-0.25, -0.2) is 9.36 Å². The molecule has 2 aromatic carbocycles. The molecule has 0 N–H and O–H groups in total. The lowest BCUT2D eigenvalue weighted by Crippen LogP contribution is -2.31. The van der Waals surface area contributed by atoms with Gasteiger partial charge in [0.25, 0.3) is 0 Å². The molecule has 140 valence electrons. The first-order valence-electron chi connectivity index (χ1n) is 8.97. The Morgan fingerprint density at radius 2 is 1.46 bits per heavy atom. The number of hydrogen-bond donors (Lipinski definition) is 0. The van der Waals surface area contributed by atoms with Gasteiger partial charge in [-0.15, -0.1) is 0 Å². The molecule has 2 aliphatic rings. The summed E-state index contributed by atoms with van der Waals surface area (Å²) < 4.78 is 6.91. The molecule has 3 aromatic rings. The maximum absolute atomic E-state index is 13.0. The molecule has 1 aliphatic carbocycles. The number of rotatable bonds is 2. The monoisotopic (exact) mass is 394 g/mol. The van der Waals surface area contributed by atoms with Gasteiger partial charge in [0, 0.05) is 17.9 Å². The smallest absolute Gasteiger partial charge is 0.412 e. The predicted molar refractivity (Wildman–Crippen MR) is 103 cm³/mol. The Balaban J connectivity index is 1.55. The largest absolute Gasteiger partial charge is 0.424 e. The highest BCUT2D eigenvalue weighted by molar-refractivity contribution is 6.30. The highest BCUT2D eigenvalue weighted by Crippen LogP contribution is 2.39. The number of fused-ring (bicyclic) bond motifs is 2. The number of nitrogens with zero attached hydrogens (tertiary/aromatic N) is 2. The molecule has 2 heterocycles. The SMILES string of the molecule is O=C1[C@H]2Cc3oc(=O)n(-c4ccc(Cl)cc4)c3C[C@H]2C(=O)N1c1ccccc1. The van der Waals surface area contributed by atoms with Crippen LogP contribution in [0.3, 0.4) is 0 Å². The first-order valence-corrected chi connectivity index (χ1v) is 9.35. The second kappa shape index (κ2) is 6.21. The maximum Gasteiger partial charge on any atom is 0.424 e. The van der Waals surface area contributed by atoms with Gasteiger partial charge in [0.05, 0.1) is 28.9 Å². The van der Waals surface area contributed by atoms with Gasteiger partial charge >= 0.3 is 5.76 Å². The number of hydrogen-bond acceptors (Lipinski definition) is 4. The molecule has 2 amide bonds. The van der Waals surface area contributed by atoms with Gasteiger partial charge in [-0.2, -0.15) is 0 Å². The van der Waals surface area contributed by atoms with Crippen LogP contribution >= 0.6 is 11.6 Å². The minimum Gasteiger partial charge on any atom is -0.412 e. The Labute approximate surface area is 164 Å². The third-order valence-corrected chi connectivity index (χ3v) is 5.72. The number of benzene rings is 2. The van der Waals surface area contributed by atoms with Crippen molar-refractivity contribution in [3.63, 3.8) is 0 Å². The number of imide groups is 1. The lowest BCUT2D eigenvalue weighted by atomic mass is 9.82. The molecule has 0 bridgehead atoms. The minimum absolute atomic E-state index is 0.233. The Morgan fingerprint density at radius 1 is 0.821 bits per heavy atom. The van der Waals surface area contributed by atoms with Crippen molar-refractivity contribution in [3.8, 4) is 5.69 Å². The highest BCUT2D eigenvalue weighted by Gasteiger charge is 2.51. The summed E-state index contributed by atoms with van der Waals surface area (Å²) in [5.74, 6) is -1.54. The molecule has 1 aliphatic heterocycles. The fraction of sp³-hybridized carbons (Fsp3) is 0.190. The topological polar surface area (TPSA) is 72.5 Å². The molecule has 28 heavy (non-hydrogen) atoms. The maximum atomic E-state index is 13.0. The molecular weight excluding hydrogens is 380 g/mol. The van der Waals surface area contributed by atoms with E-state index in [0.29, 0.717) is 27.9 Å². The highest BCUT2D eigenvalue weighted by atomic mass is 35.5. The summed E-state index contributed by atoms with van der Waals surface area (Å²) in [5.41, 5.74) is 1.83. The number of para-hydroxylation sites is 1. The summed E-state index contributed by atoms with van der Waals surface area (Å²) >= 11 is 5.94. The molecule has 2 atom stereocenters. The van der Waals surface area contributed by atoms with Gasteiger partial charge in [0.15, 0.2) is 0 Å². The number of carbonyl (C=O) groups is 2. The summed E-state index contributed by atoms with van der Waals surface area (Å²) in [6, 6.07) is 15.7. The summed E-state index contributed by atoms with van der Waals surface area (Å²) in [7, 11) is 0. The summed E-state index contributed by atoms with van der Waals surface area (Å²) in [4.78, 5) is 39.7. The third-order valence-electron chi connectivity index (χ3n) is 5.46. The van der Waals surface area contributed by atoms with Gasteiger partial charge in [0.1, 0.15) is 5.76 Å². The lowest BCUT2D eigenvalue weighted by Gasteiger charge is -2.21. The van der Waals surface area contributed by atoms with Crippen molar-refractivity contribution in [1.82, 2.24) is 4.57 Å². The predicted octanol–water partition coefficient (Wildman–Crippen LogP) is 2.99.